The Kier molecular flexibility index (Phi) is 6.39. The molecule has 21 heavy (non-hydrogen) atoms. The van der Waals surface area contributed by atoms with Gasteiger partial charge in [0.15, 0.2) is 0 Å². The van der Waals surface area contributed by atoms with Crippen LogP contribution in [0.2, 0.25) is 0 Å². The Morgan fingerprint density at radius 1 is 1.19 bits per heavy atom. The lowest BCUT2D eigenvalue weighted by molar-refractivity contribution is -0.147. The molecule has 3 N–H and O–H groups in total. The molecule has 0 radical (unpaired) electrons. The lowest BCUT2D eigenvalue weighted by Crippen LogP contribution is -2.50. The quantitative estimate of drug-likeness (QED) is 0.635. The van der Waals surface area contributed by atoms with Gasteiger partial charge in [-0.1, -0.05) is 26.0 Å². The molecular formula is C15H24N2O4. The summed E-state index contributed by atoms with van der Waals surface area (Å²) in [7, 11) is 1.52. The van der Waals surface area contributed by atoms with Gasteiger partial charge in [-0.25, -0.2) is 0 Å². The minimum atomic E-state index is -0.972. The molecule has 1 aliphatic rings. The van der Waals surface area contributed by atoms with E-state index in [1.807, 2.05) is 19.9 Å². The molecule has 0 bridgehead atoms. The Morgan fingerprint density at radius 3 is 2.24 bits per heavy atom. The van der Waals surface area contributed by atoms with Crippen molar-refractivity contribution in [1.29, 1.82) is 0 Å². The Hall–Kier alpha value is -1.85. The van der Waals surface area contributed by atoms with E-state index in [1.54, 1.807) is 6.08 Å². The van der Waals surface area contributed by atoms with Crippen molar-refractivity contribution < 1.29 is 19.5 Å². The first kappa shape index (κ1) is 17.2. The molecule has 118 valence electrons. The molecule has 2 amide bonds. The van der Waals surface area contributed by atoms with Gasteiger partial charge >= 0.3 is 5.97 Å². The van der Waals surface area contributed by atoms with Gasteiger partial charge in [0.05, 0.1) is 11.8 Å². The van der Waals surface area contributed by atoms with Crippen molar-refractivity contribution in [2.75, 3.05) is 7.05 Å². The predicted molar refractivity (Wildman–Crippen MR) is 78.4 cm³/mol. The smallest absolute Gasteiger partial charge is 0.307 e. The second-order valence-corrected chi connectivity index (χ2v) is 5.80. The maximum atomic E-state index is 12.3. The number of nitrogens with one attached hydrogen (secondary N) is 2. The predicted octanol–water partition coefficient (Wildman–Crippen LogP) is 0.930. The molecule has 6 heteroatoms. The van der Waals surface area contributed by atoms with Gasteiger partial charge in [0.2, 0.25) is 11.8 Å². The van der Waals surface area contributed by atoms with Crippen LogP contribution in [0.5, 0.6) is 0 Å². The third-order valence-electron chi connectivity index (χ3n) is 3.67. The summed E-state index contributed by atoms with van der Waals surface area (Å²) in [6.07, 6.45) is 4.87. The third-order valence-corrected chi connectivity index (χ3v) is 3.67. The zero-order chi connectivity index (χ0) is 16.0. The maximum Gasteiger partial charge on any atom is 0.307 e. The van der Waals surface area contributed by atoms with Crippen LogP contribution in [0.3, 0.4) is 0 Å². The van der Waals surface area contributed by atoms with Crippen molar-refractivity contribution in [1.82, 2.24) is 10.6 Å². The fourth-order valence-electron chi connectivity index (χ4n) is 2.53. The van der Waals surface area contributed by atoms with E-state index >= 15 is 0 Å². The van der Waals surface area contributed by atoms with E-state index in [0.717, 1.165) is 0 Å². The van der Waals surface area contributed by atoms with Gasteiger partial charge in [0.25, 0.3) is 0 Å². The number of allylic oxidation sites excluding steroid dienone is 2. The molecule has 0 saturated carbocycles. The highest BCUT2D eigenvalue weighted by molar-refractivity contribution is 5.90. The molecule has 0 aromatic heterocycles. The van der Waals surface area contributed by atoms with E-state index < -0.39 is 23.8 Å². The maximum absolute atomic E-state index is 12.3. The average molecular weight is 296 g/mol. The van der Waals surface area contributed by atoms with Gasteiger partial charge in [-0.15, -0.1) is 0 Å². The van der Waals surface area contributed by atoms with Gasteiger partial charge in [-0.2, -0.15) is 0 Å². The van der Waals surface area contributed by atoms with Crippen molar-refractivity contribution in [2.45, 2.75) is 39.2 Å². The molecule has 1 unspecified atom stereocenters. The Labute approximate surface area is 125 Å². The molecular weight excluding hydrogens is 272 g/mol. The first-order valence-electron chi connectivity index (χ1n) is 7.26. The van der Waals surface area contributed by atoms with E-state index in [1.165, 1.54) is 7.05 Å². The number of carbonyl (C=O) groups excluding carboxylic acids is 2. The average Bonchev–Trinajstić information content (AvgIpc) is 2.45. The van der Waals surface area contributed by atoms with E-state index in [-0.39, 0.29) is 17.7 Å². The van der Waals surface area contributed by atoms with Crippen molar-refractivity contribution in [2.24, 2.45) is 17.8 Å². The van der Waals surface area contributed by atoms with Gasteiger partial charge in [-0.05, 0) is 25.2 Å². The van der Waals surface area contributed by atoms with E-state index in [4.69, 9.17) is 0 Å². The lowest BCUT2D eigenvalue weighted by Gasteiger charge is -2.27. The Balaban J connectivity index is 2.77. The van der Waals surface area contributed by atoms with Crippen molar-refractivity contribution >= 4 is 17.8 Å². The minimum Gasteiger partial charge on any atom is -0.481 e. The third kappa shape index (κ3) is 4.88. The van der Waals surface area contributed by atoms with Gasteiger partial charge in [0, 0.05) is 7.05 Å². The normalized spacial score (nSPS) is 22.7. The molecule has 3 atom stereocenters. The Morgan fingerprint density at radius 2 is 1.76 bits per heavy atom. The summed E-state index contributed by atoms with van der Waals surface area (Å²) in [6.45, 7) is 3.93. The van der Waals surface area contributed by atoms with Crippen LogP contribution in [-0.4, -0.2) is 36.0 Å². The van der Waals surface area contributed by atoms with Crippen LogP contribution in [-0.2, 0) is 14.4 Å². The van der Waals surface area contributed by atoms with Crippen molar-refractivity contribution in [3.63, 3.8) is 0 Å². The molecule has 0 spiro atoms. The number of carbonyl (C=O) groups is 3. The van der Waals surface area contributed by atoms with Crippen LogP contribution in [0, 0.1) is 17.8 Å². The van der Waals surface area contributed by atoms with Gasteiger partial charge < -0.3 is 15.7 Å². The van der Waals surface area contributed by atoms with Crippen molar-refractivity contribution in [3.05, 3.63) is 12.2 Å². The molecule has 0 heterocycles. The fourth-order valence-corrected chi connectivity index (χ4v) is 2.53. The van der Waals surface area contributed by atoms with Crippen LogP contribution in [0.25, 0.3) is 0 Å². The number of amides is 2. The molecule has 0 saturated heterocycles. The molecule has 0 aromatic rings. The number of carboxylic acids is 1. The zero-order valence-electron chi connectivity index (χ0n) is 12.8. The van der Waals surface area contributed by atoms with E-state index in [2.05, 4.69) is 10.6 Å². The number of rotatable bonds is 6. The largest absolute Gasteiger partial charge is 0.481 e. The number of carboxylic acid groups (broad SMARTS) is 1. The van der Waals surface area contributed by atoms with Crippen LogP contribution in [0.1, 0.15) is 33.1 Å². The molecule has 0 fully saturated rings. The standard InChI is InChI=1S/C15H24N2O4/c1-9(2)8-12(14(19)16-3)17-13(18)10-6-4-5-7-11(10)15(20)21/h4-5,9-12H,6-8H2,1-3H3,(H,16,19)(H,17,18)(H,20,21)/t10-,11+,12?/m1/s1. The summed E-state index contributed by atoms with van der Waals surface area (Å²) in [5.41, 5.74) is 0. The minimum absolute atomic E-state index is 0.245. The number of hydrogen-bond acceptors (Lipinski definition) is 3. The van der Waals surface area contributed by atoms with Crippen LogP contribution in [0.15, 0.2) is 12.2 Å². The van der Waals surface area contributed by atoms with Gasteiger partial charge in [0.1, 0.15) is 6.04 Å². The van der Waals surface area contributed by atoms with E-state index in [9.17, 15) is 19.5 Å². The highest BCUT2D eigenvalue weighted by Gasteiger charge is 2.35. The van der Waals surface area contributed by atoms with Crippen LogP contribution >= 0.6 is 0 Å². The van der Waals surface area contributed by atoms with E-state index in [0.29, 0.717) is 19.3 Å². The van der Waals surface area contributed by atoms with Crippen molar-refractivity contribution in [3.8, 4) is 0 Å². The molecule has 1 aliphatic carbocycles. The first-order chi connectivity index (χ1) is 9.86. The summed E-state index contributed by atoms with van der Waals surface area (Å²) in [5, 5.41) is 14.4. The van der Waals surface area contributed by atoms with Gasteiger partial charge in [-0.3, -0.25) is 14.4 Å². The van der Waals surface area contributed by atoms with Crippen LogP contribution in [0.4, 0.5) is 0 Å². The molecule has 6 nitrogen and oxygen atoms in total. The number of likely N-dealkylation sites (N-methyl/N-ethyl adjacent to an activating group) is 1. The second-order valence-electron chi connectivity index (χ2n) is 5.80. The Bertz CT molecular complexity index is 431. The second kappa shape index (κ2) is 7.81. The highest BCUT2D eigenvalue weighted by Crippen LogP contribution is 2.26. The summed E-state index contributed by atoms with van der Waals surface area (Å²) in [4.78, 5) is 35.4. The highest BCUT2D eigenvalue weighted by atomic mass is 16.4. The lowest BCUT2D eigenvalue weighted by atomic mass is 9.82. The molecule has 1 rings (SSSR count). The summed E-state index contributed by atoms with van der Waals surface area (Å²) in [5.74, 6) is -2.68. The van der Waals surface area contributed by atoms with Crippen LogP contribution < -0.4 is 10.6 Å². The fraction of sp³-hybridized carbons (Fsp3) is 0.667. The SMILES string of the molecule is CNC(=O)C(CC(C)C)NC(=O)[C@@H]1CC=CC[C@@H]1C(=O)O. The summed E-state index contributed by atoms with van der Waals surface area (Å²) >= 11 is 0. The monoisotopic (exact) mass is 296 g/mol. The first-order valence-corrected chi connectivity index (χ1v) is 7.26. The molecule has 0 aliphatic heterocycles. The topological polar surface area (TPSA) is 95.5 Å². The summed E-state index contributed by atoms with van der Waals surface area (Å²) < 4.78 is 0. The number of aliphatic carboxylic acids is 1. The molecule has 0 aromatic carbocycles. The summed E-state index contributed by atoms with van der Waals surface area (Å²) in [6, 6.07) is -0.622. The zero-order valence-corrected chi connectivity index (χ0v) is 12.8. The number of hydrogen-bond donors (Lipinski definition) is 3.